The molecule has 51 heavy (non-hydrogen) atoms. The molecule has 2 heterocycles. The number of fused-ring (bicyclic) bond motifs is 1. The lowest BCUT2D eigenvalue weighted by molar-refractivity contribution is -0.108. The molecule has 0 spiro atoms. The Balaban J connectivity index is -0.000000327. The molecule has 1 aromatic heterocycles. The summed E-state index contributed by atoms with van der Waals surface area (Å²) < 4.78 is 5.44. The highest BCUT2D eigenvalue weighted by Gasteiger charge is 2.25. The van der Waals surface area contributed by atoms with Gasteiger partial charge in [-0.05, 0) is 85.0 Å². The van der Waals surface area contributed by atoms with E-state index in [1.807, 2.05) is 62.6 Å². The molecular weight excluding hydrogens is 653 g/mol. The summed E-state index contributed by atoms with van der Waals surface area (Å²) in [5, 5.41) is 0. The van der Waals surface area contributed by atoms with Crippen LogP contribution in [0, 0.1) is 6.92 Å². The van der Waals surface area contributed by atoms with Crippen LogP contribution in [0.15, 0.2) is 12.2 Å². The fourth-order valence-corrected chi connectivity index (χ4v) is 6.44. The van der Waals surface area contributed by atoms with Crippen molar-refractivity contribution in [3.63, 3.8) is 0 Å². The van der Waals surface area contributed by atoms with Crippen LogP contribution in [-0.2, 0) is 27.3 Å². The lowest BCUT2D eigenvalue weighted by Gasteiger charge is -2.22. The van der Waals surface area contributed by atoms with Gasteiger partial charge in [-0.1, -0.05) is 125 Å². The van der Waals surface area contributed by atoms with Gasteiger partial charge in [0.25, 0.3) is 0 Å². The van der Waals surface area contributed by atoms with Crippen molar-refractivity contribution in [3.8, 4) is 0 Å². The first-order valence-electron chi connectivity index (χ1n) is 21.0. The number of ether oxygens (including phenoxy) is 1. The van der Waals surface area contributed by atoms with Crippen LogP contribution in [0.25, 0.3) is 0 Å². The van der Waals surface area contributed by atoms with Gasteiger partial charge in [-0.25, -0.2) is 4.79 Å². The van der Waals surface area contributed by atoms with Crippen molar-refractivity contribution in [2.45, 2.75) is 191 Å². The lowest BCUT2D eigenvalue weighted by Crippen LogP contribution is -2.26. The molecule has 0 saturated heterocycles. The molecule has 0 N–H and O–H groups in total. The van der Waals surface area contributed by atoms with Crippen LogP contribution in [0.2, 0.25) is 0 Å². The van der Waals surface area contributed by atoms with Gasteiger partial charge in [-0.2, -0.15) is 0 Å². The Hall–Kier alpha value is -1.83. The number of carbonyl (C=O) groups excluding carboxylic acids is 3. The lowest BCUT2D eigenvalue weighted by atomic mass is 10.0. The van der Waals surface area contributed by atoms with E-state index in [1.165, 1.54) is 93.9 Å². The Labute approximate surface area is 322 Å². The summed E-state index contributed by atoms with van der Waals surface area (Å²) in [5.41, 5.74) is 2.06. The molecule has 0 aromatic carbocycles. The first-order chi connectivity index (χ1) is 24.8. The van der Waals surface area contributed by atoms with Crippen molar-refractivity contribution in [3.05, 3.63) is 33.0 Å². The summed E-state index contributed by atoms with van der Waals surface area (Å²) >= 11 is 1.74. The molecule has 6 nitrogen and oxygen atoms in total. The topological polar surface area (TPSA) is 66.9 Å². The van der Waals surface area contributed by atoms with Crippen molar-refractivity contribution >= 4 is 29.9 Å². The maximum Gasteiger partial charge on any atom is 0.339 e. The van der Waals surface area contributed by atoms with Gasteiger partial charge in [-0.3, -0.25) is 0 Å². The summed E-state index contributed by atoms with van der Waals surface area (Å²) in [7, 11) is 6.17. The van der Waals surface area contributed by atoms with Crippen LogP contribution < -0.4 is 0 Å². The maximum absolute atomic E-state index is 12.3. The SMILES string of the molecule is CC.CC.CC.CCCCCC=O.CCCCCCC/C=C\CCCCCCCC=O.Cc1sc2c(c1C(=O)OCCCN(C)C)CCN(C)C2. The number of hydrogen-bond acceptors (Lipinski definition) is 7. The fourth-order valence-electron chi connectivity index (χ4n) is 5.15. The zero-order valence-corrected chi connectivity index (χ0v) is 36.8. The molecule has 1 aromatic rings. The average molecular weight is 739 g/mol. The first-order valence-corrected chi connectivity index (χ1v) is 21.8. The average Bonchev–Trinajstić information content (AvgIpc) is 3.48. The van der Waals surface area contributed by atoms with Crippen LogP contribution in [0.4, 0.5) is 0 Å². The number of hydrogen-bond donors (Lipinski definition) is 0. The third-order valence-electron chi connectivity index (χ3n) is 7.87. The molecular formula is C44H86N2O4S. The normalized spacial score (nSPS) is 11.5. The highest BCUT2D eigenvalue weighted by Crippen LogP contribution is 2.32. The smallest absolute Gasteiger partial charge is 0.339 e. The number of aldehydes is 2. The van der Waals surface area contributed by atoms with Crippen LogP contribution in [0.5, 0.6) is 0 Å². The van der Waals surface area contributed by atoms with Gasteiger partial charge in [0, 0.05) is 42.2 Å². The molecule has 0 fully saturated rings. The Kier molecular flexibility index (Phi) is 50.6. The second kappa shape index (κ2) is 46.2. The van der Waals surface area contributed by atoms with Gasteiger partial charge >= 0.3 is 5.97 Å². The van der Waals surface area contributed by atoms with Crippen LogP contribution in [0.3, 0.4) is 0 Å². The Morgan fingerprint density at radius 1 is 0.725 bits per heavy atom. The summed E-state index contributed by atoms with van der Waals surface area (Å²) in [6, 6.07) is 0. The minimum absolute atomic E-state index is 0.136. The predicted molar refractivity (Wildman–Crippen MR) is 228 cm³/mol. The number of unbranched alkanes of at least 4 members (excludes halogenated alkanes) is 14. The Morgan fingerprint density at radius 2 is 1.18 bits per heavy atom. The number of thiophene rings is 1. The van der Waals surface area contributed by atoms with E-state index in [4.69, 9.17) is 4.74 Å². The molecule has 1 aliphatic heterocycles. The van der Waals surface area contributed by atoms with E-state index in [9.17, 15) is 14.4 Å². The predicted octanol–water partition coefficient (Wildman–Crippen LogP) is 12.8. The van der Waals surface area contributed by atoms with E-state index in [-0.39, 0.29) is 5.97 Å². The Morgan fingerprint density at radius 3 is 1.67 bits per heavy atom. The number of rotatable bonds is 23. The number of aryl methyl sites for hydroxylation is 1. The second-order valence-corrected chi connectivity index (χ2v) is 13.9. The summed E-state index contributed by atoms with van der Waals surface area (Å²) in [5.74, 6) is -0.136. The van der Waals surface area contributed by atoms with Gasteiger partial charge in [0.2, 0.25) is 0 Å². The molecule has 302 valence electrons. The van der Waals surface area contributed by atoms with Crippen molar-refractivity contribution in [2.24, 2.45) is 0 Å². The minimum atomic E-state index is -0.136. The van der Waals surface area contributed by atoms with E-state index >= 15 is 0 Å². The van der Waals surface area contributed by atoms with Gasteiger partial charge < -0.3 is 24.1 Å². The van der Waals surface area contributed by atoms with Gasteiger partial charge in [0.1, 0.15) is 12.6 Å². The number of nitrogens with zero attached hydrogens (tertiary/aromatic N) is 2. The molecule has 0 aliphatic carbocycles. The third kappa shape index (κ3) is 36.3. The van der Waals surface area contributed by atoms with E-state index < -0.39 is 0 Å². The molecule has 1 aliphatic rings. The largest absolute Gasteiger partial charge is 0.462 e. The molecule has 2 rings (SSSR count). The monoisotopic (exact) mass is 739 g/mol. The highest BCUT2D eigenvalue weighted by molar-refractivity contribution is 7.12. The van der Waals surface area contributed by atoms with Crippen molar-refractivity contribution in [2.75, 3.05) is 40.8 Å². The standard InChI is InChI=1S/C17H32O.C15H24N2O2S.C6H12O.3C2H6/c1-2-3-4-5-6-7-8-9-10-11-12-13-14-15-16-17-18;1-11-14(15(18)19-9-5-7-16(2)3)12-6-8-17(4)10-13(12)20-11;1-2-3-4-5-6-7;3*1-2/h8-9,17H,2-7,10-16H2,1H3;5-10H2,1-4H3;6H,2-5H2,1H3;3*1-2H3/b9-8-;;;;;. The van der Waals surface area contributed by atoms with Crippen LogP contribution >= 0.6 is 11.3 Å². The highest BCUT2D eigenvalue weighted by atomic mass is 32.1. The quantitative estimate of drug-likeness (QED) is 0.0482. The second-order valence-electron chi connectivity index (χ2n) is 12.6. The summed E-state index contributed by atoms with van der Waals surface area (Å²) in [6.45, 7) is 21.8. The van der Waals surface area contributed by atoms with E-state index in [0.29, 0.717) is 6.61 Å². The van der Waals surface area contributed by atoms with Crippen LogP contribution in [0.1, 0.15) is 197 Å². The van der Waals surface area contributed by atoms with Gasteiger partial charge in [-0.15, -0.1) is 11.3 Å². The number of allylic oxidation sites excluding steroid dienone is 2. The van der Waals surface area contributed by atoms with Crippen molar-refractivity contribution in [1.29, 1.82) is 0 Å². The molecule has 7 heteroatoms. The van der Waals surface area contributed by atoms with Gasteiger partial charge in [0.05, 0.1) is 12.2 Å². The third-order valence-corrected chi connectivity index (χ3v) is 9.00. The van der Waals surface area contributed by atoms with Crippen molar-refractivity contribution in [1.82, 2.24) is 9.80 Å². The zero-order chi connectivity index (χ0) is 39.5. The Bertz CT molecular complexity index is 898. The molecule has 0 amide bonds. The molecule has 0 atom stereocenters. The number of carbonyl (C=O) groups is 3. The first kappa shape index (κ1) is 55.9. The minimum Gasteiger partial charge on any atom is -0.462 e. The zero-order valence-electron chi connectivity index (χ0n) is 36.0. The molecule has 0 unspecified atom stereocenters. The molecule has 0 saturated carbocycles. The summed E-state index contributed by atoms with van der Waals surface area (Å²) in [4.78, 5) is 38.9. The molecule has 0 bridgehead atoms. The van der Waals surface area contributed by atoms with E-state index in [2.05, 4.69) is 42.8 Å². The summed E-state index contributed by atoms with van der Waals surface area (Å²) in [6.07, 6.45) is 29.2. The van der Waals surface area contributed by atoms with Gasteiger partial charge in [0.15, 0.2) is 0 Å². The van der Waals surface area contributed by atoms with E-state index in [1.54, 1.807) is 11.3 Å². The fraction of sp³-hybridized carbons (Fsp3) is 0.795. The maximum atomic E-state index is 12.3. The van der Waals surface area contributed by atoms with Crippen molar-refractivity contribution < 1.29 is 19.1 Å². The number of likely N-dealkylation sites (N-methyl/N-ethyl adjacent to an activating group) is 1. The number of esters is 1. The van der Waals surface area contributed by atoms with E-state index in [0.717, 1.165) is 81.2 Å². The van der Waals surface area contributed by atoms with Crippen LogP contribution in [-0.4, -0.2) is 69.2 Å². The molecule has 0 radical (unpaired) electrons.